The zero-order valence-corrected chi connectivity index (χ0v) is 9.07. The second-order valence-electron chi connectivity index (χ2n) is 5.58. The third kappa shape index (κ3) is 1.47. The first-order valence-corrected chi connectivity index (χ1v) is 5.82. The molecule has 3 unspecified atom stereocenters. The van der Waals surface area contributed by atoms with Gasteiger partial charge >= 0.3 is 0 Å². The van der Waals surface area contributed by atoms with E-state index in [1.165, 1.54) is 6.42 Å². The van der Waals surface area contributed by atoms with Gasteiger partial charge in [-0.3, -0.25) is 4.79 Å². The highest BCUT2D eigenvalue weighted by atomic mass is 16.3. The van der Waals surface area contributed by atoms with Crippen molar-refractivity contribution in [2.24, 2.45) is 5.92 Å². The van der Waals surface area contributed by atoms with Crippen LogP contribution in [0.5, 0.6) is 0 Å². The standard InChI is InChI=1S/C11H18N2O2/c1-11(15)5-13(6-11)10(14)8-4-7-2-3-9(8)12-7/h7-9,12,15H,2-6H2,1H3. The first-order valence-electron chi connectivity index (χ1n) is 5.82. The van der Waals surface area contributed by atoms with Crippen LogP contribution < -0.4 is 5.32 Å². The molecule has 0 saturated carbocycles. The lowest BCUT2D eigenvalue weighted by Crippen LogP contribution is -2.63. The van der Waals surface area contributed by atoms with Crippen LogP contribution in [0.25, 0.3) is 0 Å². The van der Waals surface area contributed by atoms with Gasteiger partial charge in [-0.1, -0.05) is 0 Å². The van der Waals surface area contributed by atoms with E-state index < -0.39 is 5.60 Å². The van der Waals surface area contributed by atoms with Gasteiger partial charge in [-0.25, -0.2) is 0 Å². The van der Waals surface area contributed by atoms with Crippen molar-refractivity contribution in [1.29, 1.82) is 0 Å². The Bertz CT molecular complexity index is 295. The summed E-state index contributed by atoms with van der Waals surface area (Å²) in [4.78, 5) is 13.9. The highest BCUT2D eigenvalue weighted by molar-refractivity contribution is 5.81. The molecular formula is C11H18N2O2. The normalized spacial score (nSPS) is 41.7. The van der Waals surface area contributed by atoms with E-state index in [2.05, 4.69) is 5.32 Å². The average Bonchev–Trinajstić information content (AvgIpc) is 2.73. The Morgan fingerprint density at radius 3 is 2.67 bits per heavy atom. The van der Waals surface area contributed by atoms with Crippen LogP contribution in [-0.4, -0.2) is 46.7 Å². The number of nitrogens with one attached hydrogen (secondary N) is 1. The minimum absolute atomic E-state index is 0.180. The number of rotatable bonds is 1. The number of likely N-dealkylation sites (tertiary alicyclic amines) is 1. The molecule has 15 heavy (non-hydrogen) atoms. The van der Waals surface area contributed by atoms with Crippen LogP contribution in [0.15, 0.2) is 0 Å². The Morgan fingerprint density at radius 1 is 1.47 bits per heavy atom. The van der Waals surface area contributed by atoms with E-state index >= 15 is 0 Å². The molecule has 3 heterocycles. The van der Waals surface area contributed by atoms with Crippen molar-refractivity contribution in [2.45, 2.75) is 43.9 Å². The number of hydrogen-bond donors (Lipinski definition) is 2. The van der Waals surface area contributed by atoms with Gasteiger partial charge in [-0.2, -0.15) is 0 Å². The van der Waals surface area contributed by atoms with Gasteiger partial charge in [0.25, 0.3) is 0 Å². The zero-order chi connectivity index (χ0) is 10.6. The summed E-state index contributed by atoms with van der Waals surface area (Å²) >= 11 is 0. The Labute approximate surface area is 89.6 Å². The predicted octanol–water partition coefficient (Wildman–Crippen LogP) is -0.280. The van der Waals surface area contributed by atoms with E-state index in [0.29, 0.717) is 25.2 Å². The zero-order valence-electron chi connectivity index (χ0n) is 9.07. The first-order chi connectivity index (χ1) is 7.05. The fourth-order valence-electron chi connectivity index (χ4n) is 3.26. The topological polar surface area (TPSA) is 52.6 Å². The number of β-amino-alcohol motifs (C(OH)–C–C–N with tert-alkyl or cyclic N) is 1. The molecule has 0 radical (unpaired) electrons. The number of aliphatic hydroxyl groups is 1. The van der Waals surface area contributed by atoms with Crippen molar-refractivity contribution in [3.05, 3.63) is 0 Å². The van der Waals surface area contributed by atoms with Crippen molar-refractivity contribution >= 4 is 5.91 Å². The second-order valence-corrected chi connectivity index (χ2v) is 5.58. The summed E-state index contributed by atoms with van der Waals surface area (Å²) in [7, 11) is 0. The van der Waals surface area contributed by atoms with E-state index in [1.54, 1.807) is 11.8 Å². The average molecular weight is 210 g/mol. The maximum atomic E-state index is 12.1. The second kappa shape index (κ2) is 2.95. The molecule has 4 nitrogen and oxygen atoms in total. The molecule has 0 aliphatic carbocycles. The number of hydrogen-bond acceptors (Lipinski definition) is 3. The van der Waals surface area contributed by atoms with E-state index in [9.17, 15) is 9.90 Å². The van der Waals surface area contributed by atoms with Crippen LogP contribution in [0.2, 0.25) is 0 Å². The van der Waals surface area contributed by atoms with Crippen molar-refractivity contribution in [3.8, 4) is 0 Å². The van der Waals surface area contributed by atoms with Crippen molar-refractivity contribution in [2.75, 3.05) is 13.1 Å². The van der Waals surface area contributed by atoms with Gasteiger partial charge in [-0.15, -0.1) is 0 Å². The summed E-state index contributed by atoms with van der Waals surface area (Å²) in [6, 6.07) is 0.985. The molecule has 2 bridgehead atoms. The summed E-state index contributed by atoms with van der Waals surface area (Å²) in [5, 5.41) is 13.1. The van der Waals surface area contributed by atoms with Crippen LogP contribution in [0.3, 0.4) is 0 Å². The van der Waals surface area contributed by atoms with Crippen LogP contribution in [-0.2, 0) is 4.79 Å². The molecule has 3 aliphatic heterocycles. The van der Waals surface area contributed by atoms with Gasteiger partial charge in [0, 0.05) is 12.1 Å². The summed E-state index contributed by atoms with van der Waals surface area (Å²) in [5.41, 5.74) is -0.638. The molecule has 3 rings (SSSR count). The van der Waals surface area contributed by atoms with Gasteiger partial charge in [0.05, 0.1) is 24.6 Å². The molecule has 0 aromatic carbocycles. The van der Waals surface area contributed by atoms with E-state index in [4.69, 9.17) is 0 Å². The number of nitrogens with zero attached hydrogens (tertiary/aromatic N) is 1. The Kier molecular flexibility index (Phi) is 1.89. The Hall–Kier alpha value is -0.610. The maximum Gasteiger partial charge on any atom is 0.227 e. The lowest BCUT2D eigenvalue weighted by molar-refractivity contribution is -0.157. The molecule has 2 N–H and O–H groups in total. The minimum atomic E-state index is -0.638. The van der Waals surface area contributed by atoms with Gasteiger partial charge in [-0.05, 0) is 26.2 Å². The van der Waals surface area contributed by atoms with Gasteiger partial charge in [0.1, 0.15) is 0 Å². The van der Waals surface area contributed by atoms with Crippen LogP contribution in [0.1, 0.15) is 26.2 Å². The fourth-order valence-corrected chi connectivity index (χ4v) is 3.26. The Morgan fingerprint density at radius 2 is 2.20 bits per heavy atom. The molecule has 3 aliphatic rings. The molecule has 0 aromatic heterocycles. The summed E-state index contributed by atoms with van der Waals surface area (Å²) in [5.74, 6) is 0.432. The third-order valence-electron chi connectivity index (χ3n) is 3.99. The van der Waals surface area contributed by atoms with Crippen molar-refractivity contribution < 1.29 is 9.90 Å². The van der Waals surface area contributed by atoms with E-state index in [1.807, 2.05) is 0 Å². The SMILES string of the molecule is CC1(O)CN(C(=O)C2CC3CCC2N3)C1. The number of fused-ring (bicyclic) bond motifs is 2. The van der Waals surface area contributed by atoms with Crippen LogP contribution in [0, 0.1) is 5.92 Å². The molecule has 0 spiro atoms. The highest BCUT2D eigenvalue weighted by Crippen LogP contribution is 2.35. The number of amides is 1. The van der Waals surface area contributed by atoms with Gasteiger partial charge in [0.2, 0.25) is 5.91 Å². The van der Waals surface area contributed by atoms with Crippen molar-refractivity contribution in [1.82, 2.24) is 10.2 Å². The van der Waals surface area contributed by atoms with E-state index in [-0.39, 0.29) is 11.8 Å². The molecular weight excluding hydrogens is 192 g/mol. The summed E-state index contributed by atoms with van der Waals surface area (Å²) in [6.45, 7) is 2.81. The summed E-state index contributed by atoms with van der Waals surface area (Å²) < 4.78 is 0. The van der Waals surface area contributed by atoms with Crippen LogP contribution >= 0.6 is 0 Å². The van der Waals surface area contributed by atoms with Crippen LogP contribution in [0.4, 0.5) is 0 Å². The fraction of sp³-hybridized carbons (Fsp3) is 0.909. The molecule has 1 amide bonds. The molecule has 0 aromatic rings. The smallest absolute Gasteiger partial charge is 0.227 e. The molecule has 3 saturated heterocycles. The molecule has 84 valence electrons. The Balaban J connectivity index is 1.62. The van der Waals surface area contributed by atoms with Crippen molar-refractivity contribution in [3.63, 3.8) is 0 Å². The number of carbonyl (C=O) groups is 1. The summed E-state index contributed by atoms with van der Waals surface area (Å²) in [6.07, 6.45) is 3.37. The largest absolute Gasteiger partial charge is 0.386 e. The number of carbonyl (C=O) groups excluding carboxylic acids is 1. The molecule has 4 heteroatoms. The lowest BCUT2D eigenvalue weighted by Gasteiger charge is -2.45. The van der Waals surface area contributed by atoms with E-state index in [0.717, 1.165) is 12.8 Å². The van der Waals surface area contributed by atoms with Gasteiger partial charge in [0.15, 0.2) is 0 Å². The van der Waals surface area contributed by atoms with Gasteiger partial charge < -0.3 is 15.3 Å². The monoisotopic (exact) mass is 210 g/mol. The molecule has 3 atom stereocenters. The minimum Gasteiger partial charge on any atom is -0.386 e. The predicted molar refractivity (Wildman–Crippen MR) is 55.3 cm³/mol. The maximum absolute atomic E-state index is 12.1. The quantitative estimate of drug-likeness (QED) is 0.626. The third-order valence-corrected chi connectivity index (χ3v) is 3.99. The molecule has 3 fully saturated rings. The lowest BCUT2D eigenvalue weighted by atomic mass is 9.86. The first kappa shape index (κ1) is 9.60. The highest BCUT2D eigenvalue weighted by Gasteiger charge is 2.48.